The number of rotatable bonds is 5. The summed E-state index contributed by atoms with van der Waals surface area (Å²) in [5.74, 6) is 0.471. The summed E-state index contributed by atoms with van der Waals surface area (Å²) in [4.78, 5) is 0. The predicted octanol–water partition coefficient (Wildman–Crippen LogP) is 2.12. The van der Waals surface area contributed by atoms with Gasteiger partial charge in [-0.15, -0.1) is 0 Å². The Morgan fingerprint density at radius 1 is 1.12 bits per heavy atom. The largest absolute Gasteiger partial charge is 0.393 e. The lowest BCUT2D eigenvalue weighted by Gasteiger charge is -2.26. The van der Waals surface area contributed by atoms with Crippen molar-refractivity contribution in [2.75, 3.05) is 19.8 Å². The third-order valence-electron chi connectivity index (χ3n) is 3.86. The molecule has 2 rings (SSSR count). The van der Waals surface area contributed by atoms with Crippen molar-refractivity contribution in [1.29, 1.82) is 0 Å². The highest BCUT2D eigenvalue weighted by Gasteiger charge is 2.22. The van der Waals surface area contributed by atoms with E-state index in [9.17, 15) is 5.11 Å². The Hall–Kier alpha value is -0.120. The average molecular weight is 228 g/mol. The van der Waals surface area contributed by atoms with Crippen molar-refractivity contribution in [3.8, 4) is 0 Å². The number of ether oxygens (including phenoxy) is 2. The first-order valence-corrected chi connectivity index (χ1v) is 6.73. The molecule has 0 aromatic rings. The van der Waals surface area contributed by atoms with Crippen molar-refractivity contribution in [3.05, 3.63) is 0 Å². The van der Waals surface area contributed by atoms with E-state index in [1.54, 1.807) is 0 Å². The lowest BCUT2D eigenvalue weighted by molar-refractivity contribution is 0.00239. The summed E-state index contributed by atoms with van der Waals surface area (Å²) in [6.07, 6.45) is 8.00. The van der Waals surface area contributed by atoms with E-state index in [2.05, 4.69) is 0 Å². The molecule has 0 aromatic carbocycles. The standard InChI is InChI=1S/C13H24O3/c14-13(11-6-9-15-10-7-11)5-1-3-12-4-2-8-16-12/h11-14H,1-10H2. The Morgan fingerprint density at radius 2 is 1.94 bits per heavy atom. The first kappa shape index (κ1) is 12.3. The van der Waals surface area contributed by atoms with Crippen molar-refractivity contribution in [3.63, 3.8) is 0 Å². The summed E-state index contributed by atoms with van der Waals surface area (Å²) < 4.78 is 10.9. The number of hydrogen-bond donors (Lipinski definition) is 1. The minimum absolute atomic E-state index is 0.120. The molecule has 2 atom stereocenters. The topological polar surface area (TPSA) is 38.7 Å². The second-order valence-electron chi connectivity index (χ2n) is 5.08. The second kappa shape index (κ2) is 6.58. The van der Waals surface area contributed by atoms with Crippen LogP contribution in [0.1, 0.15) is 44.9 Å². The molecule has 0 radical (unpaired) electrons. The fraction of sp³-hybridized carbons (Fsp3) is 1.00. The van der Waals surface area contributed by atoms with Gasteiger partial charge in [-0.1, -0.05) is 0 Å². The van der Waals surface area contributed by atoms with Crippen LogP contribution in [0.15, 0.2) is 0 Å². The molecule has 0 spiro atoms. The van der Waals surface area contributed by atoms with Crippen LogP contribution in [-0.4, -0.2) is 37.1 Å². The summed E-state index contributed by atoms with van der Waals surface area (Å²) in [5, 5.41) is 10.1. The maximum absolute atomic E-state index is 10.1. The zero-order valence-corrected chi connectivity index (χ0v) is 10.1. The molecule has 1 N–H and O–H groups in total. The Kier molecular flexibility index (Phi) is 5.07. The van der Waals surface area contributed by atoms with Gasteiger partial charge in [0.05, 0.1) is 12.2 Å². The van der Waals surface area contributed by atoms with Gasteiger partial charge in [0.1, 0.15) is 0 Å². The molecule has 0 aliphatic carbocycles. The maximum Gasteiger partial charge on any atom is 0.0576 e. The Balaban J connectivity index is 1.57. The molecule has 0 saturated carbocycles. The quantitative estimate of drug-likeness (QED) is 0.783. The minimum Gasteiger partial charge on any atom is -0.393 e. The Labute approximate surface area is 98.1 Å². The molecule has 2 saturated heterocycles. The third-order valence-corrected chi connectivity index (χ3v) is 3.86. The molecule has 16 heavy (non-hydrogen) atoms. The Morgan fingerprint density at radius 3 is 2.62 bits per heavy atom. The highest BCUT2D eigenvalue weighted by atomic mass is 16.5. The molecular weight excluding hydrogens is 204 g/mol. The van der Waals surface area contributed by atoms with Crippen molar-refractivity contribution in [2.45, 2.75) is 57.2 Å². The van der Waals surface area contributed by atoms with Crippen LogP contribution in [0.4, 0.5) is 0 Å². The minimum atomic E-state index is -0.120. The number of aliphatic hydroxyl groups is 1. The van der Waals surface area contributed by atoms with Gasteiger partial charge in [-0.3, -0.25) is 0 Å². The van der Waals surface area contributed by atoms with Gasteiger partial charge >= 0.3 is 0 Å². The number of aliphatic hydroxyl groups excluding tert-OH is 1. The van der Waals surface area contributed by atoms with Crippen LogP contribution < -0.4 is 0 Å². The van der Waals surface area contributed by atoms with Crippen molar-refractivity contribution in [2.24, 2.45) is 5.92 Å². The lowest BCUT2D eigenvalue weighted by atomic mass is 9.90. The number of hydrogen-bond acceptors (Lipinski definition) is 3. The van der Waals surface area contributed by atoms with Gasteiger partial charge in [0.15, 0.2) is 0 Å². The monoisotopic (exact) mass is 228 g/mol. The van der Waals surface area contributed by atoms with Crippen LogP contribution in [0, 0.1) is 5.92 Å². The van der Waals surface area contributed by atoms with Crippen molar-refractivity contribution < 1.29 is 14.6 Å². The van der Waals surface area contributed by atoms with E-state index in [1.165, 1.54) is 12.8 Å². The molecule has 2 unspecified atom stereocenters. The Bertz CT molecular complexity index is 184. The molecule has 2 aliphatic heterocycles. The molecule has 0 bridgehead atoms. The van der Waals surface area contributed by atoms with Gasteiger partial charge in [0, 0.05) is 19.8 Å². The van der Waals surface area contributed by atoms with Gasteiger partial charge < -0.3 is 14.6 Å². The fourth-order valence-corrected chi connectivity index (χ4v) is 2.76. The predicted molar refractivity (Wildman–Crippen MR) is 62.4 cm³/mol. The first-order valence-electron chi connectivity index (χ1n) is 6.73. The SMILES string of the molecule is OC(CCCC1CCCO1)C1CCOCC1. The van der Waals surface area contributed by atoms with Crippen LogP contribution in [0.2, 0.25) is 0 Å². The average Bonchev–Trinajstić information content (AvgIpc) is 2.83. The van der Waals surface area contributed by atoms with Gasteiger partial charge in [-0.05, 0) is 50.9 Å². The summed E-state index contributed by atoms with van der Waals surface area (Å²) in [5.41, 5.74) is 0. The van der Waals surface area contributed by atoms with Crippen molar-refractivity contribution in [1.82, 2.24) is 0 Å². The van der Waals surface area contributed by atoms with E-state index in [0.29, 0.717) is 12.0 Å². The van der Waals surface area contributed by atoms with Crippen LogP contribution >= 0.6 is 0 Å². The molecule has 2 fully saturated rings. The molecule has 2 heterocycles. The van der Waals surface area contributed by atoms with Crippen LogP contribution in [-0.2, 0) is 9.47 Å². The smallest absolute Gasteiger partial charge is 0.0576 e. The molecule has 2 aliphatic rings. The van der Waals surface area contributed by atoms with Gasteiger partial charge in [-0.2, -0.15) is 0 Å². The van der Waals surface area contributed by atoms with E-state index in [1.807, 2.05) is 0 Å². The normalized spacial score (nSPS) is 29.4. The highest BCUT2D eigenvalue weighted by molar-refractivity contribution is 4.73. The first-order chi connectivity index (χ1) is 7.86. The molecule has 94 valence electrons. The van der Waals surface area contributed by atoms with Crippen LogP contribution in [0.3, 0.4) is 0 Å². The summed E-state index contributed by atoms with van der Waals surface area (Å²) >= 11 is 0. The second-order valence-corrected chi connectivity index (χ2v) is 5.08. The molecular formula is C13H24O3. The van der Waals surface area contributed by atoms with E-state index in [-0.39, 0.29) is 6.10 Å². The molecule has 0 amide bonds. The van der Waals surface area contributed by atoms with E-state index >= 15 is 0 Å². The van der Waals surface area contributed by atoms with Crippen LogP contribution in [0.25, 0.3) is 0 Å². The molecule has 3 nitrogen and oxygen atoms in total. The summed E-state index contributed by atoms with van der Waals surface area (Å²) in [6.45, 7) is 2.59. The summed E-state index contributed by atoms with van der Waals surface area (Å²) in [7, 11) is 0. The zero-order valence-electron chi connectivity index (χ0n) is 10.1. The lowest BCUT2D eigenvalue weighted by Crippen LogP contribution is -2.27. The maximum atomic E-state index is 10.1. The van der Waals surface area contributed by atoms with E-state index < -0.39 is 0 Å². The molecule has 3 heteroatoms. The highest BCUT2D eigenvalue weighted by Crippen LogP contribution is 2.24. The van der Waals surface area contributed by atoms with Crippen molar-refractivity contribution >= 4 is 0 Å². The van der Waals surface area contributed by atoms with Gasteiger partial charge in [-0.25, -0.2) is 0 Å². The zero-order chi connectivity index (χ0) is 11.2. The summed E-state index contributed by atoms with van der Waals surface area (Å²) in [6, 6.07) is 0. The molecule has 0 aromatic heterocycles. The van der Waals surface area contributed by atoms with Gasteiger partial charge in [0.2, 0.25) is 0 Å². The van der Waals surface area contributed by atoms with Gasteiger partial charge in [0.25, 0.3) is 0 Å². The third kappa shape index (κ3) is 3.72. The van der Waals surface area contributed by atoms with Crippen LogP contribution in [0.5, 0.6) is 0 Å². The fourth-order valence-electron chi connectivity index (χ4n) is 2.76. The van der Waals surface area contributed by atoms with E-state index in [0.717, 1.165) is 51.9 Å². The van der Waals surface area contributed by atoms with E-state index in [4.69, 9.17) is 9.47 Å².